The zero-order valence-corrected chi connectivity index (χ0v) is 15.2. The molecule has 1 fully saturated rings. The van der Waals surface area contributed by atoms with Crippen molar-refractivity contribution in [2.45, 2.75) is 17.9 Å². The number of fused-ring (bicyclic) bond motifs is 1. The Bertz CT molecular complexity index is 1020. The molecule has 8 heteroatoms. The van der Waals surface area contributed by atoms with Crippen LogP contribution in [-0.4, -0.2) is 53.4 Å². The van der Waals surface area contributed by atoms with Gasteiger partial charge in [0.05, 0.1) is 4.90 Å². The highest BCUT2D eigenvalue weighted by Crippen LogP contribution is 2.28. The Hall–Kier alpha value is -2.58. The molecule has 0 aliphatic carbocycles. The number of nitrogens with zero attached hydrogens (tertiary/aromatic N) is 5. The Morgan fingerprint density at radius 2 is 1.92 bits per heavy atom. The van der Waals surface area contributed by atoms with Crippen LogP contribution < -0.4 is 4.90 Å². The zero-order valence-electron chi connectivity index (χ0n) is 14.4. The number of pyridine rings is 1. The molecule has 3 aromatic rings. The van der Waals surface area contributed by atoms with Gasteiger partial charge in [0.1, 0.15) is 12.1 Å². The molecule has 4 rings (SSSR count). The van der Waals surface area contributed by atoms with E-state index in [2.05, 4.69) is 19.9 Å². The molecule has 0 radical (unpaired) electrons. The van der Waals surface area contributed by atoms with Crippen LogP contribution in [0.5, 0.6) is 0 Å². The van der Waals surface area contributed by atoms with Crippen molar-refractivity contribution in [3.8, 4) is 0 Å². The molecule has 0 bridgehead atoms. The van der Waals surface area contributed by atoms with E-state index in [1.165, 1.54) is 6.33 Å². The van der Waals surface area contributed by atoms with E-state index in [0.717, 1.165) is 11.2 Å². The van der Waals surface area contributed by atoms with Crippen LogP contribution in [0, 0.1) is 0 Å². The van der Waals surface area contributed by atoms with Gasteiger partial charge in [0.2, 0.25) is 10.0 Å². The molecule has 1 aliphatic heterocycles. The highest BCUT2D eigenvalue weighted by molar-refractivity contribution is 7.89. The largest absolute Gasteiger partial charge is 0.354 e. The summed E-state index contributed by atoms with van der Waals surface area (Å²) in [5, 5.41) is 1.52. The van der Waals surface area contributed by atoms with Crippen LogP contribution in [0.1, 0.15) is 6.92 Å². The molecule has 26 heavy (non-hydrogen) atoms. The molecular weight excluding hydrogens is 350 g/mol. The van der Waals surface area contributed by atoms with Crippen LogP contribution in [0.3, 0.4) is 0 Å². The Morgan fingerprint density at radius 3 is 2.69 bits per heavy atom. The smallest absolute Gasteiger partial charge is 0.244 e. The average molecular weight is 369 g/mol. The molecule has 134 valence electrons. The van der Waals surface area contributed by atoms with E-state index in [0.29, 0.717) is 29.9 Å². The fourth-order valence-electron chi connectivity index (χ4n) is 3.42. The third-order valence-electron chi connectivity index (χ3n) is 4.68. The topological polar surface area (TPSA) is 79.3 Å². The first-order valence-corrected chi connectivity index (χ1v) is 9.87. The third-order valence-corrected chi connectivity index (χ3v) is 6.76. The summed E-state index contributed by atoms with van der Waals surface area (Å²) in [6.45, 7) is 3.52. The van der Waals surface area contributed by atoms with Crippen molar-refractivity contribution >= 4 is 26.6 Å². The second kappa shape index (κ2) is 6.62. The zero-order chi connectivity index (χ0) is 18.1. The first-order valence-electron chi connectivity index (χ1n) is 8.43. The highest BCUT2D eigenvalue weighted by atomic mass is 32.2. The molecule has 2 aromatic heterocycles. The van der Waals surface area contributed by atoms with E-state index in [1.807, 2.05) is 19.1 Å². The van der Waals surface area contributed by atoms with Gasteiger partial charge in [-0.05, 0) is 25.1 Å². The van der Waals surface area contributed by atoms with Crippen molar-refractivity contribution in [2.24, 2.45) is 0 Å². The summed E-state index contributed by atoms with van der Waals surface area (Å²) in [5.41, 5.74) is 0. The van der Waals surface area contributed by atoms with Crippen LogP contribution in [-0.2, 0) is 10.0 Å². The van der Waals surface area contributed by atoms with Gasteiger partial charge in [-0.3, -0.25) is 4.98 Å². The number of anilines is 1. The van der Waals surface area contributed by atoms with Crippen molar-refractivity contribution in [2.75, 3.05) is 24.5 Å². The fourth-order valence-corrected chi connectivity index (χ4v) is 5.25. The van der Waals surface area contributed by atoms with Gasteiger partial charge in [0, 0.05) is 55.0 Å². The van der Waals surface area contributed by atoms with Gasteiger partial charge in [-0.15, -0.1) is 0 Å². The van der Waals surface area contributed by atoms with E-state index in [1.54, 1.807) is 41.1 Å². The summed E-state index contributed by atoms with van der Waals surface area (Å²) >= 11 is 0. The first kappa shape index (κ1) is 16.9. The second-order valence-corrected chi connectivity index (χ2v) is 8.19. The van der Waals surface area contributed by atoms with Crippen molar-refractivity contribution in [3.05, 3.63) is 55.2 Å². The number of benzene rings is 1. The average Bonchev–Trinajstić information content (AvgIpc) is 2.68. The maximum atomic E-state index is 13.3. The van der Waals surface area contributed by atoms with Gasteiger partial charge in [-0.25, -0.2) is 18.4 Å². The van der Waals surface area contributed by atoms with E-state index < -0.39 is 10.0 Å². The maximum absolute atomic E-state index is 13.3. The van der Waals surface area contributed by atoms with Crippen LogP contribution in [0.2, 0.25) is 0 Å². The van der Waals surface area contributed by atoms with Crippen LogP contribution in [0.15, 0.2) is 60.1 Å². The molecule has 1 aliphatic rings. The summed E-state index contributed by atoms with van der Waals surface area (Å²) in [6, 6.07) is 8.73. The van der Waals surface area contributed by atoms with Crippen molar-refractivity contribution in [1.82, 2.24) is 19.3 Å². The molecule has 1 aromatic carbocycles. The minimum Gasteiger partial charge on any atom is -0.354 e. The molecular formula is C18H19N5O2S. The van der Waals surface area contributed by atoms with Gasteiger partial charge in [0.25, 0.3) is 0 Å². The van der Waals surface area contributed by atoms with E-state index in [9.17, 15) is 8.42 Å². The SMILES string of the molecule is C[C@H]1CN(c2ccncn2)CCN1S(=O)(=O)c1cccc2cnccc12. The minimum atomic E-state index is -3.60. The van der Waals surface area contributed by atoms with E-state index in [-0.39, 0.29) is 6.04 Å². The van der Waals surface area contributed by atoms with Crippen LogP contribution >= 0.6 is 0 Å². The van der Waals surface area contributed by atoms with E-state index in [4.69, 9.17) is 0 Å². The number of piperazine rings is 1. The van der Waals surface area contributed by atoms with Gasteiger partial charge >= 0.3 is 0 Å². The van der Waals surface area contributed by atoms with Gasteiger partial charge in [-0.2, -0.15) is 4.31 Å². The van der Waals surface area contributed by atoms with Crippen LogP contribution in [0.25, 0.3) is 10.8 Å². The summed E-state index contributed by atoms with van der Waals surface area (Å²) < 4.78 is 28.2. The molecule has 0 N–H and O–H groups in total. The normalized spacial score (nSPS) is 19.0. The standard InChI is InChI=1S/C18H19N5O2S/c1-14-12-22(18-6-8-20-13-21-18)9-10-23(14)26(24,25)17-4-2-3-15-11-19-7-5-16(15)17/h2-8,11,13-14H,9-10,12H2,1H3/t14-/m0/s1. The van der Waals surface area contributed by atoms with Crippen molar-refractivity contribution in [3.63, 3.8) is 0 Å². The Labute approximate surface area is 152 Å². The van der Waals surface area contributed by atoms with Gasteiger partial charge in [0.15, 0.2) is 0 Å². The molecule has 1 saturated heterocycles. The highest BCUT2D eigenvalue weighted by Gasteiger charge is 2.34. The lowest BCUT2D eigenvalue weighted by Crippen LogP contribution is -2.54. The number of sulfonamides is 1. The molecule has 0 amide bonds. The molecule has 0 saturated carbocycles. The number of aromatic nitrogens is 3. The number of hydrogen-bond donors (Lipinski definition) is 0. The lowest BCUT2D eigenvalue weighted by molar-refractivity contribution is 0.306. The Balaban J connectivity index is 1.65. The first-order chi connectivity index (χ1) is 12.6. The van der Waals surface area contributed by atoms with Gasteiger partial charge < -0.3 is 4.90 Å². The second-order valence-electron chi connectivity index (χ2n) is 6.33. The van der Waals surface area contributed by atoms with Crippen LogP contribution in [0.4, 0.5) is 5.82 Å². The van der Waals surface area contributed by atoms with E-state index >= 15 is 0 Å². The van der Waals surface area contributed by atoms with Crippen molar-refractivity contribution < 1.29 is 8.42 Å². The Morgan fingerprint density at radius 1 is 1.08 bits per heavy atom. The molecule has 7 nitrogen and oxygen atoms in total. The number of hydrogen-bond acceptors (Lipinski definition) is 6. The summed E-state index contributed by atoms with van der Waals surface area (Å²) in [5.74, 6) is 0.820. The minimum absolute atomic E-state index is 0.166. The quantitative estimate of drug-likeness (QED) is 0.702. The molecule has 3 heterocycles. The molecule has 0 unspecified atom stereocenters. The lowest BCUT2D eigenvalue weighted by atomic mass is 10.2. The summed E-state index contributed by atoms with van der Waals surface area (Å²) in [6.07, 6.45) is 6.51. The van der Waals surface area contributed by atoms with Crippen molar-refractivity contribution in [1.29, 1.82) is 0 Å². The fraction of sp³-hybridized carbons (Fsp3) is 0.278. The number of rotatable bonds is 3. The summed E-state index contributed by atoms with van der Waals surface area (Å²) in [4.78, 5) is 14.7. The van der Waals surface area contributed by atoms with Gasteiger partial charge in [-0.1, -0.05) is 12.1 Å². The molecule has 0 spiro atoms. The lowest BCUT2D eigenvalue weighted by Gasteiger charge is -2.39. The molecule has 1 atom stereocenters. The predicted molar refractivity (Wildman–Crippen MR) is 99.3 cm³/mol. The summed E-state index contributed by atoms with van der Waals surface area (Å²) in [7, 11) is -3.60. The maximum Gasteiger partial charge on any atom is 0.244 e. The Kier molecular flexibility index (Phi) is 4.29. The monoisotopic (exact) mass is 369 g/mol. The third kappa shape index (κ3) is 2.91. The predicted octanol–water partition coefficient (Wildman–Crippen LogP) is 1.92.